The van der Waals surface area contributed by atoms with Gasteiger partial charge in [-0.2, -0.15) is 0 Å². The highest BCUT2D eigenvalue weighted by Gasteiger charge is 2.31. The van der Waals surface area contributed by atoms with E-state index in [-0.39, 0.29) is 26.4 Å². The van der Waals surface area contributed by atoms with Gasteiger partial charge in [-0.25, -0.2) is 0 Å². The van der Waals surface area contributed by atoms with E-state index < -0.39 is 0 Å². The molecule has 0 unspecified atom stereocenters. The van der Waals surface area contributed by atoms with E-state index in [1.807, 2.05) is 48.5 Å². The van der Waals surface area contributed by atoms with Gasteiger partial charge in [0.15, 0.2) is 23.0 Å². The molecule has 0 saturated carbocycles. The first-order valence-corrected chi connectivity index (χ1v) is 10.3. The third-order valence-corrected chi connectivity index (χ3v) is 3.92. The first kappa shape index (κ1) is 28.6. The number of para-hydroxylation sites is 4. The number of fused-ring (bicyclic) bond motifs is 2. The van der Waals surface area contributed by atoms with Gasteiger partial charge in [-0.05, 0) is 29.7 Å². The summed E-state index contributed by atoms with van der Waals surface area (Å²) in [5.41, 5.74) is 0.619. The topological polar surface area (TPSA) is 36.9 Å². The summed E-state index contributed by atoms with van der Waals surface area (Å²) in [6.07, 6.45) is 0.136. The molecule has 2 heterocycles. The quantitative estimate of drug-likeness (QED) is 0.428. The molecule has 2 aromatic rings. The highest BCUT2D eigenvalue weighted by Crippen LogP contribution is 2.35. The molecule has 0 amide bonds. The third-order valence-electron chi connectivity index (χ3n) is 3.92. The van der Waals surface area contributed by atoms with E-state index in [0.717, 1.165) is 23.0 Å². The van der Waals surface area contributed by atoms with E-state index in [4.69, 9.17) is 18.9 Å². The summed E-state index contributed by atoms with van der Waals surface area (Å²) in [7, 11) is 0. The van der Waals surface area contributed by atoms with Crippen molar-refractivity contribution < 1.29 is 18.9 Å². The van der Waals surface area contributed by atoms with Crippen LogP contribution in [0.1, 0.15) is 63.3 Å². The van der Waals surface area contributed by atoms with Crippen LogP contribution in [0.5, 0.6) is 23.0 Å². The highest BCUT2D eigenvalue weighted by atomic mass is 16.6. The van der Waals surface area contributed by atoms with Crippen LogP contribution in [0, 0.1) is 10.8 Å². The molecule has 0 bridgehead atoms. The van der Waals surface area contributed by atoms with Crippen LogP contribution in [0.4, 0.5) is 0 Å². The van der Waals surface area contributed by atoms with E-state index in [1.54, 1.807) is 0 Å². The van der Waals surface area contributed by atoms with Gasteiger partial charge in [-0.3, -0.25) is 0 Å². The third kappa shape index (κ3) is 10.5. The van der Waals surface area contributed by atoms with Crippen molar-refractivity contribution in [2.24, 2.45) is 10.8 Å². The Labute approximate surface area is 190 Å². The van der Waals surface area contributed by atoms with E-state index >= 15 is 0 Å². The Morgan fingerprint density at radius 2 is 0.968 bits per heavy atom. The monoisotopic (exact) mass is 432 g/mol. The average Bonchev–Trinajstić information content (AvgIpc) is 2.66. The molecule has 4 nitrogen and oxygen atoms in total. The Morgan fingerprint density at radius 1 is 0.613 bits per heavy atom. The van der Waals surface area contributed by atoms with Crippen molar-refractivity contribution >= 4 is 0 Å². The zero-order chi connectivity index (χ0) is 21.5. The van der Waals surface area contributed by atoms with Gasteiger partial charge >= 0.3 is 0 Å². The zero-order valence-electron chi connectivity index (χ0n) is 19.0. The van der Waals surface area contributed by atoms with Crippen molar-refractivity contribution in [3.05, 3.63) is 48.5 Å². The minimum atomic E-state index is 0. The van der Waals surface area contributed by atoms with Gasteiger partial charge in [0.05, 0.1) is 0 Å². The van der Waals surface area contributed by atoms with Gasteiger partial charge in [-0.15, -0.1) is 0 Å². The summed E-state index contributed by atoms with van der Waals surface area (Å²) >= 11 is 0. The van der Waals surface area contributed by atoms with Crippen molar-refractivity contribution in [2.75, 3.05) is 19.8 Å². The van der Waals surface area contributed by atoms with Crippen LogP contribution >= 0.6 is 0 Å². The van der Waals surface area contributed by atoms with Gasteiger partial charge in [-0.1, -0.05) is 87.6 Å². The summed E-state index contributed by atoms with van der Waals surface area (Å²) in [5, 5.41) is 0. The summed E-state index contributed by atoms with van der Waals surface area (Å²) in [4.78, 5) is 0. The van der Waals surface area contributed by atoms with Crippen molar-refractivity contribution in [3.8, 4) is 23.0 Å². The molecule has 0 fully saturated rings. The summed E-state index contributed by atoms with van der Waals surface area (Å²) in [6, 6.07) is 15.5. The van der Waals surface area contributed by atoms with Crippen molar-refractivity contribution in [2.45, 2.75) is 69.4 Å². The Bertz CT molecular complexity index is 725. The van der Waals surface area contributed by atoms with Gasteiger partial charge < -0.3 is 18.9 Å². The largest absolute Gasteiger partial charge is 0.486 e. The van der Waals surface area contributed by atoms with Gasteiger partial charge in [0.2, 0.25) is 0 Å². The van der Waals surface area contributed by atoms with Crippen LogP contribution in [0.2, 0.25) is 0 Å². The molecule has 1 atom stereocenters. The molecule has 0 aliphatic carbocycles. The second-order valence-electron chi connectivity index (χ2n) is 9.87. The van der Waals surface area contributed by atoms with Crippen LogP contribution in [-0.4, -0.2) is 25.9 Å². The zero-order valence-corrected chi connectivity index (χ0v) is 19.0. The summed E-state index contributed by atoms with van der Waals surface area (Å²) < 4.78 is 22.1. The molecule has 31 heavy (non-hydrogen) atoms. The summed E-state index contributed by atoms with van der Waals surface area (Å²) in [5.74, 6) is 3.43. The number of rotatable bonds is 0. The first-order chi connectivity index (χ1) is 13.5. The highest BCUT2D eigenvalue weighted by molar-refractivity contribution is 5.41. The molecule has 0 aromatic heterocycles. The Hall–Kier alpha value is -2.36. The van der Waals surface area contributed by atoms with Crippen molar-refractivity contribution in [3.63, 3.8) is 0 Å². The maximum atomic E-state index is 5.87. The van der Waals surface area contributed by atoms with Crippen LogP contribution in [-0.2, 0) is 0 Å². The molecule has 2 aliphatic rings. The Morgan fingerprint density at radius 3 is 1.35 bits per heavy atom. The maximum absolute atomic E-state index is 5.87. The molecule has 0 radical (unpaired) electrons. The number of hydrogen-bond acceptors (Lipinski definition) is 4. The molecular formula is C27H44O4. The van der Waals surface area contributed by atoms with Crippen molar-refractivity contribution in [1.82, 2.24) is 0 Å². The average molecular weight is 433 g/mol. The van der Waals surface area contributed by atoms with E-state index in [0.29, 0.717) is 25.2 Å². The lowest BCUT2D eigenvalue weighted by Gasteiger charge is -2.34. The van der Waals surface area contributed by atoms with Crippen LogP contribution in [0.25, 0.3) is 0 Å². The molecule has 176 valence electrons. The molecule has 0 spiro atoms. The number of hydrogen-bond donors (Lipinski definition) is 0. The normalized spacial score (nSPS) is 16.0. The lowest BCUT2D eigenvalue weighted by molar-refractivity contribution is 0.0163. The van der Waals surface area contributed by atoms with Crippen molar-refractivity contribution in [1.29, 1.82) is 0 Å². The minimum absolute atomic E-state index is 0. The fourth-order valence-corrected chi connectivity index (χ4v) is 2.44. The fraction of sp³-hybridized carbons (Fsp3) is 0.556. The SMILES string of the molecule is C.C.CC(C)(C)C.CC(C)(C)[C@H]1COc2ccccc2O1.c1ccc2c(c1)OCCO2. The lowest BCUT2D eigenvalue weighted by Crippen LogP contribution is -2.39. The van der Waals surface area contributed by atoms with Crippen LogP contribution in [0.15, 0.2) is 48.5 Å². The maximum Gasteiger partial charge on any atom is 0.161 e. The Kier molecular flexibility index (Phi) is 11.5. The summed E-state index contributed by atoms with van der Waals surface area (Å²) in [6.45, 7) is 17.2. The van der Waals surface area contributed by atoms with E-state index in [2.05, 4.69) is 48.5 Å². The predicted octanol–water partition coefficient (Wildman–Crippen LogP) is 7.65. The molecule has 2 aromatic carbocycles. The second kappa shape index (κ2) is 12.5. The molecule has 2 aliphatic heterocycles. The van der Waals surface area contributed by atoms with E-state index in [1.165, 1.54) is 0 Å². The molecule has 4 rings (SSSR count). The number of ether oxygens (including phenoxy) is 4. The smallest absolute Gasteiger partial charge is 0.161 e. The fourth-order valence-electron chi connectivity index (χ4n) is 2.44. The van der Waals surface area contributed by atoms with Gasteiger partial charge in [0, 0.05) is 5.41 Å². The molecule has 0 saturated heterocycles. The minimum Gasteiger partial charge on any atom is -0.486 e. The van der Waals surface area contributed by atoms with Crippen LogP contribution in [0.3, 0.4) is 0 Å². The molecule has 0 N–H and O–H groups in total. The number of benzene rings is 2. The molecule has 4 heteroatoms. The lowest BCUT2D eigenvalue weighted by atomic mass is 9.89. The predicted molar refractivity (Wildman–Crippen MR) is 132 cm³/mol. The Balaban J connectivity index is 0.000000468. The molecular weight excluding hydrogens is 388 g/mol. The van der Waals surface area contributed by atoms with Crippen LogP contribution < -0.4 is 18.9 Å². The second-order valence-corrected chi connectivity index (χ2v) is 9.87. The van der Waals surface area contributed by atoms with Gasteiger partial charge in [0.1, 0.15) is 25.9 Å². The first-order valence-electron chi connectivity index (χ1n) is 10.3. The van der Waals surface area contributed by atoms with Gasteiger partial charge in [0.25, 0.3) is 0 Å². The standard InChI is InChI=1S/C12H16O2.C8H8O2.C5H12.2CH4/c1-12(2,3)11-8-13-9-6-4-5-7-10(9)14-11;1-2-4-8-7(3-1)9-5-6-10-8;1-5(2,3)4;;/h4-7,11H,8H2,1-3H3;1-4H,5-6H2;1-4H3;2*1H4/t11-;;;;/m1..../s1. The van der Waals surface area contributed by atoms with E-state index in [9.17, 15) is 0 Å².